The molecule has 0 N–H and O–H groups in total. The Morgan fingerprint density at radius 2 is 1.96 bits per heavy atom. The predicted octanol–water partition coefficient (Wildman–Crippen LogP) is 1.90. The molecule has 134 valence electrons. The van der Waals surface area contributed by atoms with E-state index in [1.165, 1.54) is 4.90 Å². The van der Waals surface area contributed by atoms with E-state index < -0.39 is 6.04 Å². The van der Waals surface area contributed by atoms with Crippen molar-refractivity contribution in [3.63, 3.8) is 0 Å². The van der Waals surface area contributed by atoms with Crippen LogP contribution in [-0.2, 0) is 19.1 Å². The van der Waals surface area contributed by atoms with Crippen molar-refractivity contribution in [1.29, 1.82) is 0 Å². The minimum Gasteiger partial charge on any atom is -0.466 e. The summed E-state index contributed by atoms with van der Waals surface area (Å²) in [5.41, 5.74) is 1.65. The minimum absolute atomic E-state index is 0.101. The van der Waals surface area contributed by atoms with Crippen LogP contribution in [0, 0.1) is 12.8 Å². The third-order valence-electron chi connectivity index (χ3n) is 4.97. The van der Waals surface area contributed by atoms with Crippen molar-refractivity contribution in [3.05, 3.63) is 29.8 Å². The number of carbonyl (C=O) groups excluding carboxylic acids is 3. The summed E-state index contributed by atoms with van der Waals surface area (Å²) in [7, 11) is 0. The van der Waals surface area contributed by atoms with Crippen LogP contribution in [0.1, 0.15) is 31.7 Å². The van der Waals surface area contributed by atoms with Gasteiger partial charge in [0.1, 0.15) is 0 Å². The fourth-order valence-corrected chi connectivity index (χ4v) is 3.65. The monoisotopic (exact) mass is 344 g/mol. The second-order valence-corrected chi connectivity index (χ2v) is 6.69. The molecule has 0 radical (unpaired) electrons. The number of imide groups is 1. The molecule has 2 amide bonds. The molecule has 0 aromatic heterocycles. The highest BCUT2D eigenvalue weighted by Crippen LogP contribution is 2.29. The Hall–Kier alpha value is -2.21. The molecule has 2 fully saturated rings. The summed E-state index contributed by atoms with van der Waals surface area (Å²) in [4.78, 5) is 40.4. The van der Waals surface area contributed by atoms with Gasteiger partial charge in [0, 0.05) is 0 Å². The number of rotatable bonds is 4. The van der Waals surface area contributed by atoms with Gasteiger partial charge in [0.05, 0.1) is 30.7 Å². The summed E-state index contributed by atoms with van der Waals surface area (Å²) in [5, 5.41) is 0. The smallest absolute Gasteiger partial charge is 0.309 e. The normalized spacial score (nSPS) is 22.5. The van der Waals surface area contributed by atoms with Crippen molar-refractivity contribution < 1.29 is 19.1 Å². The maximum Gasteiger partial charge on any atom is 0.309 e. The molecule has 0 saturated carbocycles. The quantitative estimate of drug-likeness (QED) is 0.616. The van der Waals surface area contributed by atoms with Gasteiger partial charge in [0.15, 0.2) is 0 Å². The van der Waals surface area contributed by atoms with Gasteiger partial charge in [-0.15, -0.1) is 0 Å². The van der Waals surface area contributed by atoms with E-state index >= 15 is 0 Å². The first kappa shape index (κ1) is 17.6. The summed E-state index contributed by atoms with van der Waals surface area (Å²) >= 11 is 0. The topological polar surface area (TPSA) is 66.9 Å². The summed E-state index contributed by atoms with van der Waals surface area (Å²) in [5.74, 6) is -0.577. The van der Waals surface area contributed by atoms with Gasteiger partial charge in [-0.2, -0.15) is 0 Å². The van der Waals surface area contributed by atoms with Crippen molar-refractivity contribution >= 4 is 23.5 Å². The van der Waals surface area contributed by atoms with Gasteiger partial charge >= 0.3 is 5.97 Å². The largest absolute Gasteiger partial charge is 0.466 e. The number of amides is 2. The zero-order chi connectivity index (χ0) is 18.0. The lowest BCUT2D eigenvalue weighted by Gasteiger charge is -2.33. The molecular weight excluding hydrogens is 320 g/mol. The molecule has 0 aliphatic carbocycles. The van der Waals surface area contributed by atoms with Crippen molar-refractivity contribution in [2.45, 2.75) is 39.2 Å². The number of ether oxygens (including phenoxy) is 1. The maximum absolute atomic E-state index is 12.8. The fraction of sp³-hybridized carbons (Fsp3) is 0.526. The predicted molar refractivity (Wildman–Crippen MR) is 93.0 cm³/mol. The van der Waals surface area contributed by atoms with E-state index in [0.29, 0.717) is 38.2 Å². The first-order valence-electron chi connectivity index (χ1n) is 8.85. The molecule has 2 saturated heterocycles. The molecule has 0 spiro atoms. The van der Waals surface area contributed by atoms with Gasteiger partial charge in [0.2, 0.25) is 5.91 Å². The average Bonchev–Trinajstić information content (AvgIpc) is 2.90. The third-order valence-corrected chi connectivity index (χ3v) is 4.97. The van der Waals surface area contributed by atoms with Gasteiger partial charge in [-0.05, 0) is 57.5 Å². The van der Waals surface area contributed by atoms with Gasteiger partial charge < -0.3 is 4.74 Å². The second-order valence-electron chi connectivity index (χ2n) is 6.69. The Kier molecular flexibility index (Phi) is 5.18. The Morgan fingerprint density at radius 3 is 2.60 bits per heavy atom. The van der Waals surface area contributed by atoms with Gasteiger partial charge in [0.25, 0.3) is 5.91 Å². The van der Waals surface area contributed by atoms with Crippen LogP contribution >= 0.6 is 0 Å². The SMILES string of the molecule is CCOC(=O)C1CCN(C2CC(=O)N(c3cccc(C)c3)C2=O)CC1. The highest BCUT2D eigenvalue weighted by atomic mass is 16.5. The van der Waals surface area contributed by atoms with E-state index in [4.69, 9.17) is 4.74 Å². The number of hydrogen-bond acceptors (Lipinski definition) is 5. The molecule has 1 aromatic rings. The van der Waals surface area contributed by atoms with Crippen molar-refractivity contribution in [2.75, 3.05) is 24.6 Å². The number of likely N-dealkylation sites (tertiary alicyclic amines) is 1. The lowest BCUT2D eigenvalue weighted by molar-refractivity contribution is -0.149. The third kappa shape index (κ3) is 3.58. The Morgan fingerprint density at radius 1 is 1.24 bits per heavy atom. The molecule has 2 aliphatic heterocycles. The Balaban J connectivity index is 1.66. The number of carbonyl (C=O) groups is 3. The lowest BCUT2D eigenvalue weighted by atomic mass is 9.95. The zero-order valence-electron chi connectivity index (χ0n) is 14.7. The highest BCUT2D eigenvalue weighted by molar-refractivity contribution is 6.22. The molecule has 3 rings (SSSR count). The molecule has 2 heterocycles. The summed E-state index contributed by atoms with van der Waals surface area (Å²) in [6.07, 6.45) is 1.54. The number of piperidine rings is 1. The number of benzene rings is 1. The van der Waals surface area contributed by atoms with E-state index in [2.05, 4.69) is 0 Å². The molecule has 1 atom stereocenters. The standard InChI is InChI=1S/C19H24N2O4/c1-3-25-19(24)14-7-9-20(10-8-14)16-12-17(22)21(18(16)23)15-6-4-5-13(2)11-15/h4-6,11,14,16H,3,7-10,12H2,1-2H3. The van der Waals surface area contributed by atoms with Crippen LogP contribution in [0.15, 0.2) is 24.3 Å². The van der Waals surface area contributed by atoms with Crippen LogP contribution < -0.4 is 4.90 Å². The number of esters is 1. The summed E-state index contributed by atoms with van der Waals surface area (Å²) < 4.78 is 5.08. The molecule has 6 heteroatoms. The van der Waals surface area contributed by atoms with Crippen LogP contribution in [-0.4, -0.2) is 48.4 Å². The van der Waals surface area contributed by atoms with Crippen LogP contribution in [0.5, 0.6) is 0 Å². The summed E-state index contributed by atoms with van der Waals surface area (Å²) in [6, 6.07) is 7.01. The average molecular weight is 344 g/mol. The van der Waals surface area contributed by atoms with E-state index in [0.717, 1.165) is 5.56 Å². The molecule has 0 bridgehead atoms. The first-order valence-corrected chi connectivity index (χ1v) is 8.85. The van der Waals surface area contributed by atoms with E-state index in [-0.39, 0.29) is 30.1 Å². The van der Waals surface area contributed by atoms with Gasteiger partial charge in [-0.3, -0.25) is 19.3 Å². The Bertz CT molecular complexity index is 680. The fourth-order valence-electron chi connectivity index (χ4n) is 3.65. The first-order chi connectivity index (χ1) is 12.0. The Labute approximate surface area is 147 Å². The number of aryl methyl sites for hydroxylation is 1. The molecular formula is C19H24N2O4. The highest BCUT2D eigenvalue weighted by Gasteiger charge is 2.44. The number of hydrogen-bond donors (Lipinski definition) is 0. The van der Waals surface area contributed by atoms with Crippen LogP contribution in [0.25, 0.3) is 0 Å². The summed E-state index contributed by atoms with van der Waals surface area (Å²) in [6.45, 7) is 5.39. The molecule has 25 heavy (non-hydrogen) atoms. The van der Waals surface area contributed by atoms with Crippen molar-refractivity contribution in [1.82, 2.24) is 4.90 Å². The molecule has 2 aliphatic rings. The van der Waals surface area contributed by atoms with Crippen molar-refractivity contribution in [2.24, 2.45) is 5.92 Å². The van der Waals surface area contributed by atoms with Crippen LogP contribution in [0.4, 0.5) is 5.69 Å². The van der Waals surface area contributed by atoms with E-state index in [1.54, 1.807) is 13.0 Å². The number of nitrogens with zero attached hydrogens (tertiary/aromatic N) is 2. The second kappa shape index (κ2) is 7.35. The lowest BCUT2D eigenvalue weighted by Crippen LogP contribution is -2.47. The van der Waals surface area contributed by atoms with E-state index in [1.807, 2.05) is 30.0 Å². The zero-order valence-corrected chi connectivity index (χ0v) is 14.7. The van der Waals surface area contributed by atoms with E-state index in [9.17, 15) is 14.4 Å². The molecule has 1 unspecified atom stereocenters. The minimum atomic E-state index is -0.420. The molecule has 1 aromatic carbocycles. The van der Waals surface area contributed by atoms with Crippen molar-refractivity contribution in [3.8, 4) is 0 Å². The van der Waals surface area contributed by atoms with Gasteiger partial charge in [-0.1, -0.05) is 12.1 Å². The maximum atomic E-state index is 12.8. The van der Waals surface area contributed by atoms with Crippen LogP contribution in [0.3, 0.4) is 0 Å². The molecule has 6 nitrogen and oxygen atoms in total. The van der Waals surface area contributed by atoms with Crippen LogP contribution in [0.2, 0.25) is 0 Å². The van der Waals surface area contributed by atoms with Gasteiger partial charge in [-0.25, -0.2) is 4.90 Å². The number of anilines is 1.